The smallest absolute Gasteiger partial charge is 0.194 e. The van der Waals surface area contributed by atoms with E-state index in [1.165, 1.54) is 12.0 Å². The maximum Gasteiger partial charge on any atom is 0.194 e. The van der Waals surface area contributed by atoms with Crippen molar-refractivity contribution >= 4 is 29.9 Å². The number of hydrogen-bond donors (Lipinski definition) is 1. The molecule has 1 aliphatic rings. The lowest BCUT2D eigenvalue weighted by atomic mass is 9.99. The van der Waals surface area contributed by atoms with Crippen molar-refractivity contribution in [3.8, 4) is 0 Å². The van der Waals surface area contributed by atoms with Crippen molar-refractivity contribution in [1.82, 2.24) is 20.0 Å². The van der Waals surface area contributed by atoms with Crippen molar-refractivity contribution in [1.29, 1.82) is 0 Å². The summed E-state index contributed by atoms with van der Waals surface area (Å²) < 4.78 is 1.82. The van der Waals surface area contributed by atoms with Gasteiger partial charge in [0.15, 0.2) is 5.96 Å². The van der Waals surface area contributed by atoms with Crippen LogP contribution in [-0.2, 0) is 20.0 Å². The summed E-state index contributed by atoms with van der Waals surface area (Å²) in [5, 5.41) is 7.65. The van der Waals surface area contributed by atoms with Crippen molar-refractivity contribution in [2.75, 3.05) is 19.6 Å². The third-order valence-corrected chi connectivity index (χ3v) is 4.46. The van der Waals surface area contributed by atoms with Crippen LogP contribution in [-0.4, -0.2) is 40.3 Å². The maximum absolute atomic E-state index is 4.80. The highest BCUT2D eigenvalue weighted by atomic mass is 127. The van der Waals surface area contributed by atoms with E-state index in [1.54, 1.807) is 0 Å². The Kier molecular flexibility index (Phi) is 7.74. The number of aryl methyl sites for hydroxylation is 1. The van der Waals surface area contributed by atoms with E-state index in [0.717, 1.165) is 37.6 Å². The zero-order chi connectivity index (χ0) is 16.8. The number of aromatic nitrogens is 2. The number of likely N-dealkylation sites (tertiary alicyclic amines) is 1. The molecule has 3 rings (SSSR count). The third-order valence-electron chi connectivity index (χ3n) is 4.46. The van der Waals surface area contributed by atoms with Gasteiger partial charge in [-0.3, -0.25) is 4.68 Å². The first-order chi connectivity index (χ1) is 11.7. The van der Waals surface area contributed by atoms with Crippen molar-refractivity contribution in [2.24, 2.45) is 18.0 Å². The summed E-state index contributed by atoms with van der Waals surface area (Å²) in [5.41, 5.74) is 2.58. The number of halogens is 1. The Morgan fingerprint density at radius 3 is 2.76 bits per heavy atom. The molecule has 136 valence electrons. The molecule has 0 radical (unpaired) electrons. The average molecular weight is 453 g/mol. The molecule has 1 N–H and O–H groups in total. The minimum absolute atomic E-state index is 0. The highest BCUT2D eigenvalue weighted by Gasteiger charge is 2.24. The Balaban J connectivity index is 0.00000225. The van der Waals surface area contributed by atoms with E-state index in [-0.39, 0.29) is 24.0 Å². The van der Waals surface area contributed by atoms with E-state index in [4.69, 9.17) is 4.99 Å². The van der Waals surface area contributed by atoms with Crippen molar-refractivity contribution < 1.29 is 0 Å². The first-order valence-electron chi connectivity index (χ1n) is 8.79. The molecule has 2 heterocycles. The molecule has 5 nitrogen and oxygen atoms in total. The predicted molar refractivity (Wildman–Crippen MR) is 113 cm³/mol. The molecule has 1 aliphatic heterocycles. The zero-order valence-corrected chi connectivity index (χ0v) is 17.4. The van der Waals surface area contributed by atoms with Crippen LogP contribution in [0.1, 0.15) is 24.5 Å². The number of benzene rings is 1. The summed E-state index contributed by atoms with van der Waals surface area (Å²) in [6.45, 7) is 5.85. The van der Waals surface area contributed by atoms with Gasteiger partial charge in [0.25, 0.3) is 0 Å². The van der Waals surface area contributed by atoms with Gasteiger partial charge in [-0.2, -0.15) is 5.10 Å². The number of aliphatic imine (C=N–C) groups is 1. The number of nitrogens with zero attached hydrogens (tertiary/aromatic N) is 4. The van der Waals surface area contributed by atoms with Crippen LogP contribution in [0.4, 0.5) is 0 Å². The Bertz CT molecular complexity index is 667. The Labute approximate surface area is 167 Å². The van der Waals surface area contributed by atoms with Crippen LogP contribution in [0.3, 0.4) is 0 Å². The standard InChI is InChI=1S/C19H27N5.HI/c1-3-20-19(21-12-18-13-22-23(2)14-18)24-10-9-17(15-24)11-16-7-5-4-6-8-16;/h4-8,13-14,17H,3,9-12,15H2,1-2H3,(H,20,21);1H. The first kappa shape index (κ1) is 19.8. The number of nitrogens with one attached hydrogen (secondary N) is 1. The second-order valence-corrected chi connectivity index (χ2v) is 6.48. The largest absolute Gasteiger partial charge is 0.357 e. The lowest BCUT2D eigenvalue weighted by molar-refractivity contribution is 0.460. The van der Waals surface area contributed by atoms with Crippen LogP contribution < -0.4 is 5.32 Å². The highest BCUT2D eigenvalue weighted by Crippen LogP contribution is 2.21. The topological polar surface area (TPSA) is 45.5 Å². The molecule has 1 saturated heterocycles. The molecule has 0 bridgehead atoms. The average Bonchev–Trinajstić information content (AvgIpc) is 3.22. The molecular weight excluding hydrogens is 425 g/mol. The van der Waals surface area contributed by atoms with Gasteiger partial charge < -0.3 is 10.2 Å². The van der Waals surface area contributed by atoms with Gasteiger partial charge in [-0.1, -0.05) is 30.3 Å². The fraction of sp³-hybridized carbons (Fsp3) is 0.474. The van der Waals surface area contributed by atoms with E-state index in [2.05, 4.69) is 52.6 Å². The Hall–Kier alpha value is -1.57. The van der Waals surface area contributed by atoms with Crippen LogP contribution in [0, 0.1) is 5.92 Å². The van der Waals surface area contributed by atoms with E-state index in [9.17, 15) is 0 Å². The number of guanidine groups is 1. The molecule has 0 spiro atoms. The van der Waals surface area contributed by atoms with Crippen LogP contribution in [0.15, 0.2) is 47.7 Å². The summed E-state index contributed by atoms with van der Waals surface area (Å²) in [5.74, 6) is 1.73. The van der Waals surface area contributed by atoms with E-state index < -0.39 is 0 Å². The molecule has 1 atom stereocenters. The molecule has 1 fully saturated rings. The molecule has 25 heavy (non-hydrogen) atoms. The molecule has 2 aromatic rings. The quantitative estimate of drug-likeness (QED) is 0.430. The lowest BCUT2D eigenvalue weighted by Gasteiger charge is -2.21. The van der Waals surface area contributed by atoms with E-state index in [0.29, 0.717) is 12.5 Å². The van der Waals surface area contributed by atoms with Crippen LogP contribution in [0.2, 0.25) is 0 Å². The monoisotopic (exact) mass is 453 g/mol. The SMILES string of the molecule is CCNC(=NCc1cnn(C)c1)N1CCC(Cc2ccccc2)C1.I. The summed E-state index contributed by atoms with van der Waals surface area (Å²) in [4.78, 5) is 7.19. The molecule has 0 saturated carbocycles. The summed E-state index contributed by atoms with van der Waals surface area (Å²) in [6.07, 6.45) is 6.29. The minimum atomic E-state index is 0. The van der Waals surface area contributed by atoms with Crippen molar-refractivity contribution in [2.45, 2.75) is 26.3 Å². The van der Waals surface area contributed by atoms with Gasteiger partial charge in [0.1, 0.15) is 0 Å². The molecule has 1 unspecified atom stereocenters. The van der Waals surface area contributed by atoms with Crippen molar-refractivity contribution in [3.05, 3.63) is 53.9 Å². The molecular formula is C19H28IN5. The Morgan fingerprint density at radius 2 is 2.08 bits per heavy atom. The van der Waals surface area contributed by atoms with Crippen LogP contribution in [0.25, 0.3) is 0 Å². The summed E-state index contributed by atoms with van der Waals surface area (Å²) in [7, 11) is 1.94. The molecule has 0 aliphatic carbocycles. The fourth-order valence-corrected chi connectivity index (χ4v) is 3.28. The van der Waals surface area contributed by atoms with E-state index in [1.807, 2.05) is 24.1 Å². The van der Waals surface area contributed by atoms with Gasteiger partial charge in [0.05, 0.1) is 12.7 Å². The first-order valence-corrected chi connectivity index (χ1v) is 8.79. The van der Waals surface area contributed by atoms with Gasteiger partial charge in [-0.25, -0.2) is 4.99 Å². The number of hydrogen-bond acceptors (Lipinski definition) is 2. The Morgan fingerprint density at radius 1 is 1.28 bits per heavy atom. The molecule has 1 aromatic heterocycles. The second-order valence-electron chi connectivity index (χ2n) is 6.48. The minimum Gasteiger partial charge on any atom is -0.357 e. The maximum atomic E-state index is 4.80. The summed E-state index contributed by atoms with van der Waals surface area (Å²) >= 11 is 0. The lowest BCUT2D eigenvalue weighted by Crippen LogP contribution is -2.40. The van der Waals surface area contributed by atoms with Gasteiger partial charge >= 0.3 is 0 Å². The highest BCUT2D eigenvalue weighted by molar-refractivity contribution is 14.0. The van der Waals surface area contributed by atoms with Crippen molar-refractivity contribution in [3.63, 3.8) is 0 Å². The summed E-state index contributed by atoms with van der Waals surface area (Å²) in [6, 6.07) is 10.8. The molecule has 1 aromatic carbocycles. The molecule has 0 amide bonds. The van der Waals surface area contributed by atoms with Crippen LogP contribution in [0.5, 0.6) is 0 Å². The second kappa shape index (κ2) is 9.79. The zero-order valence-electron chi connectivity index (χ0n) is 15.1. The third kappa shape index (κ3) is 5.73. The predicted octanol–water partition coefficient (Wildman–Crippen LogP) is 3.07. The van der Waals surface area contributed by atoms with Gasteiger partial charge in [-0.15, -0.1) is 24.0 Å². The fourth-order valence-electron chi connectivity index (χ4n) is 3.28. The normalized spacial score (nSPS) is 17.4. The van der Waals surface area contributed by atoms with E-state index >= 15 is 0 Å². The van der Waals surface area contributed by atoms with Gasteiger partial charge in [0, 0.05) is 38.4 Å². The number of rotatable bonds is 5. The molecule has 6 heteroatoms. The van der Waals surface area contributed by atoms with Gasteiger partial charge in [0.2, 0.25) is 0 Å². The van der Waals surface area contributed by atoms with Gasteiger partial charge in [-0.05, 0) is 31.2 Å². The van der Waals surface area contributed by atoms with Crippen LogP contribution >= 0.6 is 24.0 Å².